The van der Waals surface area contributed by atoms with Gasteiger partial charge in [0.25, 0.3) is 0 Å². The zero-order chi connectivity index (χ0) is 19.5. The fraction of sp³-hybridized carbons (Fsp3) is 0.750. The molecule has 154 valence electrons. The van der Waals surface area contributed by atoms with Crippen LogP contribution in [-0.4, -0.2) is 85.2 Å². The predicted octanol–water partition coefficient (Wildman–Crippen LogP) is 1.31. The van der Waals surface area contributed by atoms with E-state index in [2.05, 4.69) is 27.1 Å². The van der Waals surface area contributed by atoms with Gasteiger partial charge in [0.2, 0.25) is 5.95 Å². The van der Waals surface area contributed by atoms with Crippen LogP contribution in [0, 0.1) is 0 Å². The molecular weight excluding hydrogens is 354 g/mol. The second-order valence-electron chi connectivity index (χ2n) is 8.12. The summed E-state index contributed by atoms with van der Waals surface area (Å²) in [4.78, 5) is 31.4. The van der Waals surface area contributed by atoms with Crippen molar-refractivity contribution in [2.45, 2.75) is 39.2 Å². The zero-order valence-corrected chi connectivity index (χ0v) is 17.3. The quantitative estimate of drug-likeness (QED) is 0.843. The third-order valence-electron chi connectivity index (χ3n) is 6.08. The first-order valence-electron chi connectivity index (χ1n) is 10.8. The van der Waals surface area contributed by atoms with E-state index in [1.807, 2.05) is 11.8 Å². The summed E-state index contributed by atoms with van der Waals surface area (Å²) in [6.07, 6.45) is 4.52. The summed E-state index contributed by atoms with van der Waals surface area (Å²) in [7, 11) is 2.17. The van der Waals surface area contributed by atoms with Crippen LogP contribution in [0.25, 0.3) is 0 Å². The van der Waals surface area contributed by atoms with Crippen molar-refractivity contribution in [3.05, 3.63) is 11.3 Å². The van der Waals surface area contributed by atoms with Gasteiger partial charge in [-0.05, 0) is 33.2 Å². The normalized spacial score (nSPS) is 20.9. The standard InChI is InChI=1S/C20H33N7O/c1-3-21-20(28)27-10-7-17-16(15-27)18(25-8-5-4-6-9-25)23-19(22-17)26-13-11-24(2)12-14-26/h3-15H2,1-2H3,(H,21,28). The number of nitrogens with zero attached hydrogens (tertiary/aromatic N) is 6. The average molecular weight is 388 g/mol. The van der Waals surface area contributed by atoms with Crippen molar-refractivity contribution in [3.8, 4) is 0 Å². The second-order valence-corrected chi connectivity index (χ2v) is 8.12. The number of piperidine rings is 1. The summed E-state index contributed by atoms with van der Waals surface area (Å²) in [5.74, 6) is 1.94. The number of piperazine rings is 1. The molecule has 2 amide bonds. The lowest BCUT2D eigenvalue weighted by Crippen LogP contribution is -2.46. The Labute approximate surface area is 167 Å². The lowest BCUT2D eigenvalue weighted by Gasteiger charge is -2.37. The Morgan fingerprint density at radius 1 is 0.964 bits per heavy atom. The maximum atomic E-state index is 12.4. The number of likely N-dealkylation sites (N-methyl/N-ethyl adjacent to an activating group) is 1. The minimum atomic E-state index is 0.0147. The molecule has 1 aromatic rings. The van der Waals surface area contributed by atoms with Crippen LogP contribution in [0.1, 0.15) is 37.4 Å². The van der Waals surface area contributed by atoms with Crippen molar-refractivity contribution >= 4 is 17.8 Å². The SMILES string of the molecule is CCNC(=O)N1CCc2nc(N3CCN(C)CC3)nc(N3CCCCC3)c2C1. The van der Waals surface area contributed by atoms with Crippen LogP contribution < -0.4 is 15.1 Å². The Kier molecular flexibility index (Phi) is 5.85. The lowest BCUT2D eigenvalue weighted by molar-refractivity contribution is 0.192. The minimum Gasteiger partial charge on any atom is -0.356 e. The first-order valence-corrected chi connectivity index (χ1v) is 10.8. The molecule has 28 heavy (non-hydrogen) atoms. The zero-order valence-electron chi connectivity index (χ0n) is 17.3. The Balaban J connectivity index is 1.64. The maximum absolute atomic E-state index is 12.4. The van der Waals surface area contributed by atoms with Crippen LogP contribution in [0.3, 0.4) is 0 Å². The van der Waals surface area contributed by atoms with Crippen LogP contribution in [-0.2, 0) is 13.0 Å². The molecule has 3 aliphatic heterocycles. The monoisotopic (exact) mass is 387 g/mol. The third kappa shape index (κ3) is 4.01. The molecular formula is C20H33N7O. The van der Waals surface area contributed by atoms with Gasteiger partial charge in [0.15, 0.2) is 0 Å². The first kappa shape index (κ1) is 19.2. The van der Waals surface area contributed by atoms with E-state index in [-0.39, 0.29) is 6.03 Å². The van der Waals surface area contributed by atoms with Gasteiger partial charge >= 0.3 is 6.03 Å². The Bertz CT molecular complexity index is 696. The van der Waals surface area contributed by atoms with E-state index in [4.69, 9.17) is 9.97 Å². The number of anilines is 2. The van der Waals surface area contributed by atoms with Crippen LogP contribution in [0.2, 0.25) is 0 Å². The van der Waals surface area contributed by atoms with Gasteiger partial charge in [0.05, 0.1) is 12.2 Å². The Morgan fingerprint density at radius 3 is 2.43 bits per heavy atom. The van der Waals surface area contributed by atoms with E-state index in [1.165, 1.54) is 19.3 Å². The minimum absolute atomic E-state index is 0.0147. The van der Waals surface area contributed by atoms with E-state index in [1.54, 1.807) is 0 Å². The number of urea groups is 1. The number of nitrogens with one attached hydrogen (secondary N) is 1. The molecule has 3 aliphatic rings. The number of aromatic nitrogens is 2. The number of hydrogen-bond acceptors (Lipinski definition) is 6. The summed E-state index contributed by atoms with van der Waals surface area (Å²) < 4.78 is 0. The highest BCUT2D eigenvalue weighted by Crippen LogP contribution is 2.31. The predicted molar refractivity (Wildman–Crippen MR) is 111 cm³/mol. The third-order valence-corrected chi connectivity index (χ3v) is 6.08. The molecule has 1 N–H and O–H groups in total. The van der Waals surface area contributed by atoms with E-state index in [0.29, 0.717) is 13.1 Å². The molecule has 0 bridgehead atoms. The number of carbonyl (C=O) groups excluding carboxylic acids is 1. The van der Waals surface area contributed by atoms with Gasteiger partial charge in [-0.25, -0.2) is 9.78 Å². The van der Waals surface area contributed by atoms with Gasteiger partial charge in [0, 0.05) is 64.3 Å². The van der Waals surface area contributed by atoms with Gasteiger partial charge in [-0.1, -0.05) is 0 Å². The van der Waals surface area contributed by atoms with Crippen molar-refractivity contribution in [2.75, 3.05) is 69.2 Å². The molecule has 8 heteroatoms. The number of rotatable bonds is 3. The summed E-state index contributed by atoms with van der Waals surface area (Å²) in [5, 5.41) is 2.93. The van der Waals surface area contributed by atoms with Crippen molar-refractivity contribution in [2.24, 2.45) is 0 Å². The molecule has 0 radical (unpaired) electrons. The molecule has 8 nitrogen and oxygen atoms in total. The molecule has 0 atom stereocenters. The maximum Gasteiger partial charge on any atom is 0.317 e. The van der Waals surface area contributed by atoms with E-state index in [0.717, 1.165) is 75.3 Å². The van der Waals surface area contributed by atoms with E-state index in [9.17, 15) is 4.79 Å². The van der Waals surface area contributed by atoms with E-state index >= 15 is 0 Å². The van der Waals surface area contributed by atoms with Gasteiger partial charge in [-0.2, -0.15) is 4.98 Å². The number of carbonyl (C=O) groups is 1. The molecule has 0 unspecified atom stereocenters. The smallest absolute Gasteiger partial charge is 0.317 e. The number of amides is 2. The summed E-state index contributed by atoms with van der Waals surface area (Å²) in [6.45, 7) is 10.1. The number of fused-ring (bicyclic) bond motifs is 1. The molecule has 2 saturated heterocycles. The Morgan fingerprint density at radius 2 is 1.71 bits per heavy atom. The largest absolute Gasteiger partial charge is 0.356 e. The van der Waals surface area contributed by atoms with Crippen LogP contribution in [0.15, 0.2) is 0 Å². The first-order chi connectivity index (χ1) is 13.7. The molecule has 2 fully saturated rings. The summed E-state index contributed by atoms with van der Waals surface area (Å²) >= 11 is 0. The molecule has 4 rings (SSSR count). The fourth-order valence-corrected chi connectivity index (χ4v) is 4.34. The number of hydrogen-bond donors (Lipinski definition) is 1. The Hall–Kier alpha value is -2.09. The van der Waals surface area contributed by atoms with Gasteiger partial charge in [0.1, 0.15) is 5.82 Å². The lowest BCUT2D eigenvalue weighted by atomic mass is 10.0. The van der Waals surface area contributed by atoms with Crippen molar-refractivity contribution in [3.63, 3.8) is 0 Å². The summed E-state index contributed by atoms with van der Waals surface area (Å²) in [5.41, 5.74) is 2.28. The highest BCUT2D eigenvalue weighted by atomic mass is 16.2. The molecule has 0 saturated carbocycles. The highest BCUT2D eigenvalue weighted by molar-refractivity contribution is 5.75. The molecule has 4 heterocycles. The molecule has 1 aromatic heterocycles. The highest BCUT2D eigenvalue weighted by Gasteiger charge is 2.29. The van der Waals surface area contributed by atoms with E-state index < -0.39 is 0 Å². The van der Waals surface area contributed by atoms with Crippen molar-refractivity contribution in [1.82, 2.24) is 25.1 Å². The topological polar surface area (TPSA) is 67.8 Å². The summed E-state index contributed by atoms with van der Waals surface area (Å²) in [6, 6.07) is 0.0147. The molecule has 0 aliphatic carbocycles. The van der Waals surface area contributed by atoms with Gasteiger partial charge in [-0.15, -0.1) is 0 Å². The average Bonchev–Trinajstić information content (AvgIpc) is 2.74. The van der Waals surface area contributed by atoms with Crippen LogP contribution in [0.5, 0.6) is 0 Å². The second kappa shape index (κ2) is 8.51. The van der Waals surface area contributed by atoms with Crippen LogP contribution >= 0.6 is 0 Å². The van der Waals surface area contributed by atoms with Crippen LogP contribution in [0.4, 0.5) is 16.6 Å². The van der Waals surface area contributed by atoms with Gasteiger partial charge < -0.3 is 24.9 Å². The molecule has 0 aromatic carbocycles. The van der Waals surface area contributed by atoms with Crippen molar-refractivity contribution < 1.29 is 4.79 Å². The molecule has 0 spiro atoms. The van der Waals surface area contributed by atoms with Crippen molar-refractivity contribution in [1.29, 1.82) is 0 Å². The fourth-order valence-electron chi connectivity index (χ4n) is 4.34. The van der Waals surface area contributed by atoms with Gasteiger partial charge in [-0.3, -0.25) is 0 Å².